The van der Waals surface area contributed by atoms with Gasteiger partial charge in [0.15, 0.2) is 5.13 Å². The average molecular weight is 297 g/mol. The number of aliphatic carboxylic acids is 1. The number of amides is 2. The van der Waals surface area contributed by atoms with E-state index in [4.69, 9.17) is 5.11 Å². The van der Waals surface area contributed by atoms with Crippen molar-refractivity contribution in [1.29, 1.82) is 0 Å². The van der Waals surface area contributed by atoms with Gasteiger partial charge in [0.25, 0.3) is 0 Å². The molecule has 0 bridgehead atoms. The summed E-state index contributed by atoms with van der Waals surface area (Å²) in [4.78, 5) is 27.1. The zero-order chi connectivity index (χ0) is 13.7. The zero-order valence-electron chi connectivity index (χ0n) is 9.75. The molecule has 2 aromatic heterocycles. The van der Waals surface area contributed by atoms with Crippen molar-refractivity contribution in [3.63, 3.8) is 0 Å². The molecule has 19 heavy (non-hydrogen) atoms. The summed E-state index contributed by atoms with van der Waals surface area (Å²) in [5.74, 6) is -0.945. The second-order valence-corrected chi connectivity index (χ2v) is 5.49. The van der Waals surface area contributed by atoms with Crippen molar-refractivity contribution >= 4 is 39.8 Å². The van der Waals surface area contributed by atoms with Gasteiger partial charge in [-0.2, -0.15) is 0 Å². The van der Waals surface area contributed by atoms with Crippen LogP contribution in [0.25, 0.3) is 0 Å². The van der Waals surface area contributed by atoms with Crippen molar-refractivity contribution in [2.75, 3.05) is 5.32 Å². The van der Waals surface area contributed by atoms with Gasteiger partial charge in [-0.1, -0.05) is 6.07 Å². The first-order valence-electron chi connectivity index (χ1n) is 5.37. The molecule has 8 heteroatoms. The molecule has 0 aliphatic rings. The van der Waals surface area contributed by atoms with Gasteiger partial charge in [-0.25, -0.2) is 9.78 Å². The number of thiophene rings is 1. The fraction of sp³-hybridized carbons (Fsp3) is 0.182. The van der Waals surface area contributed by atoms with Crippen LogP contribution in [0.5, 0.6) is 0 Å². The highest BCUT2D eigenvalue weighted by molar-refractivity contribution is 7.14. The van der Waals surface area contributed by atoms with Gasteiger partial charge in [0.1, 0.15) is 0 Å². The Bertz CT molecular complexity index is 566. The van der Waals surface area contributed by atoms with Crippen molar-refractivity contribution < 1.29 is 14.7 Å². The molecule has 0 saturated heterocycles. The van der Waals surface area contributed by atoms with Gasteiger partial charge in [0, 0.05) is 10.3 Å². The third kappa shape index (κ3) is 4.34. The molecule has 3 N–H and O–H groups in total. The predicted octanol–water partition coefficient (Wildman–Crippen LogP) is 2.15. The molecule has 0 fully saturated rings. The van der Waals surface area contributed by atoms with Crippen molar-refractivity contribution in [2.24, 2.45) is 0 Å². The molecule has 2 aromatic rings. The Morgan fingerprint density at radius 1 is 1.37 bits per heavy atom. The molecule has 0 spiro atoms. The lowest BCUT2D eigenvalue weighted by Gasteiger charge is -2.03. The number of aromatic nitrogens is 1. The molecule has 0 aromatic carbocycles. The van der Waals surface area contributed by atoms with Crippen LogP contribution in [-0.4, -0.2) is 22.1 Å². The fourth-order valence-electron chi connectivity index (χ4n) is 1.32. The van der Waals surface area contributed by atoms with E-state index in [1.165, 1.54) is 11.3 Å². The molecule has 0 saturated carbocycles. The summed E-state index contributed by atoms with van der Waals surface area (Å²) in [6.45, 7) is 0.455. The molecule has 6 nitrogen and oxygen atoms in total. The van der Waals surface area contributed by atoms with Crippen molar-refractivity contribution in [2.45, 2.75) is 13.0 Å². The topological polar surface area (TPSA) is 91.3 Å². The summed E-state index contributed by atoms with van der Waals surface area (Å²) in [5.41, 5.74) is 0.436. The summed E-state index contributed by atoms with van der Waals surface area (Å²) in [7, 11) is 0. The van der Waals surface area contributed by atoms with Gasteiger partial charge in [-0.3, -0.25) is 10.1 Å². The van der Waals surface area contributed by atoms with E-state index in [0.717, 1.165) is 4.88 Å². The fourth-order valence-corrected chi connectivity index (χ4v) is 2.67. The summed E-state index contributed by atoms with van der Waals surface area (Å²) in [5, 5.41) is 17.8. The van der Waals surface area contributed by atoms with E-state index in [0.29, 0.717) is 17.4 Å². The van der Waals surface area contributed by atoms with Crippen molar-refractivity contribution in [3.8, 4) is 0 Å². The lowest BCUT2D eigenvalue weighted by atomic mass is 10.3. The monoisotopic (exact) mass is 297 g/mol. The van der Waals surface area contributed by atoms with Gasteiger partial charge in [0.2, 0.25) is 0 Å². The van der Waals surface area contributed by atoms with Gasteiger partial charge in [-0.05, 0) is 11.4 Å². The third-order valence-corrected chi connectivity index (χ3v) is 3.79. The quantitative estimate of drug-likeness (QED) is 0.788. The van der Waals surface area contributed by atoms with E-state index in [1.807, 2.05) is 17.5 Å². The van der Waals surface area contributed by atoms with E-state index in [9.17, 15) is 9.59 Å². The number of rotatable bonds is 5. The van der Waals surface area contributed by atoms with Crippen LogP contribution in [-0.2, 0) is 17.8 Å². The Kier molecular flexibility index (Phi) is 4.48. The second-order valence-electron chi connectivity index (χ2n) is 3.60. The maximum atomic E-state index is 11.6. The maximum Gasteiger partial charge on any atom is 0.321 e. The Morgan fingerprint density at radius 3 is 2.89 bits per heavy atom. The molecule has 0 aliphatic heterocycles. The first kappa shape index (κ1) is 13.5. The van der Waals surface area contributed by atoms with Crippen LogP contribution >= 0.6 is 22.7 Å². The number of carbonyl (C=O) groups is 2. The minimum atomic E-state index is -0.945. The molecule has 0 atom stereocenters. The molecular weight excluding hydrogens is 286 g/mol. The summed E-state index contributed by atoms with van der Waals surface area (Å²) in [6.07, 6.45) is -0.144. The minimum Gasteiger partial charge on any atom is -0.481 e. The van der Waals surface area contributed by atoms with Crippen LogP contribution < -0.4 is 10.6 Å². The maximum absolute atomic E-state index is 11.6. The minimum absolute atomic E-state index is 0.144. The second kappa shape index (κ2) is 6.30. The molecular formula is C11H11N3O3S2. The van der Waals surface area contributed by atoms with Gasteiger partial charge < -0.3 is 10.4 Å². The van der Waals surface area contributed by atoms with Crippen LogP contribution in [0.2, 0.25) is 0 Å². The number of urea groups is 1. The SMILES string of the molecule is O=C(O)Cc1csc(NC(=O)NCc2cccs2)n1. The molecule has 0 aliphatic carbocycles. The van der Waals surface area contributed by atoms with E-state index in [-0.39, 0.29) is 12.5 Å². The lowest BCUT2D eigenvalue weighted by molar-refractivity contribution is -0.136. The van der Waals surface area contributed by atoms with E-state index >= 15 is 0 Å². The summed E-state index contributed by atoms with van der Waals surface area (Å²) in [6, 6.07) is 3.49. The van der Waals surface area contributed by atoms with Gasteiger partial charge in [-0.15, -0.1) is 22.7 Å². The number of nitrogens with zero attached hydrogens (tertiary/aromatic N) is 1. The standard InChI is InChI=1S/C11H11N3O3S2/c15-9(16)4-7-6-19-11(13-7)14-10(17)12-5-8-2-1-3-18-8/h1-3,6H,4-5H2,(H,15,16)(H2,12,13,14,17). The number of anilines is 1. The number of thiazole rings is 1. The highest BCUT2D eigenvalue weighted by Gasteiger charge is 2.08. The lowest BCUT2D eigenvalue weighted by Crippen LogP contribution is -2.27. The van der Waals surface area contributed by atoms with Crippen LogP contribution in [0.1, 0.15) is 10.6 Å². The Balaban J connectivity index is 1.81. The number of hydrogen-bond acceptors (Lipinski definition) is 5. The van der Waals surface area contributed by atoms with E-state index in [2.05, 4.69) is 15.6 Å². The summed E-state index contributed by atoms with van der Waals surface area (Å²) < 4.78 is 0. The number of hydrogen-bond donors (Lipinski definition) is 3. The number of nitrogens with one attached hydrogen (secondary N) is 2. The summed E-state index contributed by atoms with van der Waals surface area (Å²) >= 11 is 2.76. The Labute approximate surface area is 117 Å². The Hall–Kier alpha value is -1.93. The van der Waals surface area contributed by atoms with Crippen LogP contribution in [0, 0.1) is 0 Å². The number of carbonyl (C=O) groups excluding carboxylic acids is 1. The average Bonchev–Trinajstić information content (AvgIpc) is 2.97. The molecule has 2 amide bonds. The Morgan fingerprint density at radius 2 is 2.21 bits per heavy atom. The van der Waals surface area contributed by atoms with Crippen LogP contribution in [0.3, 0.4) is 0 Å². The third-order valence-electron chi connectivity index (χ3n) is 2.11. The predicted molar refractivity (Wildman–Crippen MR) is 73.6 cm³/mol. The van der Waals surface area contributed by atoms with E-state index in [1.54, 1.807) is 16.7 Å². The molecule has 0 unspecified atom stereocenters. The van der Waals surface area contributed by atoms with Crippen molar-refractivity contribution in [1.82, 2.24) is 10.3 Å². The molecule has 100 valence electrons. The number of carboxylic acids is 1. The van der Waals surface area contributed by atoms with Crippen molar-refractivity contribution in [3.05, 3.63) is 33.5 Å². The zero-order valence-corrected chi connectivity index (χ0v) is 11.4. The molecule has 2 rings (SSSR count). The smallest absolute Gasteiger partial charge is 0.321 e. The largest absolute Gasteiger partial charge is 0.481 e. The first-order chi connectivity index (χ1) is 9.13. The molecule has 2 heterocycles. The highest BCUT2D eigenvalue weighted by Crippen LogP contribution is 2.15. The normalized spacial score (nSPS) is 10.1. The molecule has 0 radical (unpaired) electrons. The van der Waals surface area contributed by atoms with E-state index < -0.39 is 5.97 Å². The highest BCUT2D eigenvalue weighted by atomic mass is 32.1. The van der Waals surface area contributed by atoms with Crippen LogP contribution in [0.15, 0.2) is 22.9 Å². The first-order valence-corrected chi connectivity index (χ1v) is 7.13. The van der Waals surface area contributed by atoms with Gasteiger partial charge >= 0.3 is 12.0 Å². The van der Waals surface area contributed by atoms with Gasteiger partial charge in [0.05, 0.1) is 18.7 Å². The van der Waals surface area contributed by atoms with Crippen LogP contribution in [0.4, 0.5) is 9.93 Å². The number of carboxylic acid groups (broad SMARTS) is 1.